The van der Waals surface area contributed by atoms with E-state index in [9.17, 15) is 4.79 Å². The number of rotatable bonds is 5. The number of hydrogen-bond acceptors (Lipinski definition) is 6. The van der Waals surface area contributed by atoms with Crippen LogP contribution < -0.4 is 9.47 Å². The molecule has 0 bridgehead atoms. The second kappa shape index (κ2) is 8.28. The Hall–Kier alpha value is -2.89. The number of esters is 1. The lowest BCUT2D eigenvalue weighted by Gasteiger charge is -2.23. The smallest absolute Gasteiger partial charge is 0.345 e. The van der Waals surface area contributed by atoms with Gasteiger partial charge >= 0.3 is 5.97 Å². The summed E-state index contributed by atoms with van der Waals surface area (Å²) >= 11 is 0. The lowest BCUT2D eigenvalue weighted by atomic mass is 10.2. The highest BCUT2D eigenvalue weighted by molar-refractivity contribution is 5.91. The zero-order valence-electron chi connectivity index (χ0n) is 14.2. The van der Waals surface area contributed by atoms with Crippen LogP contribution in [0.15, 0.2) is 47.8 Å². The van der Waals surface area contributed by atoms with Gasteiger partial charge in [0.2, 0.25) is 0 Å². The van der Waals surface area contributed by atoms with Gasteiger partial charge in [-0.3, -0.25) is 9.99 Å². The molecule has 2 heterocycles. The minimum atomic E-state index is -0.471. The first-order valence-electron chi connectivity index (χ1n) is 8.35. The lowest BCUT2D eigenvalue weighted by Crippen LogP contribution is -2.24. The summed E-state index contributed by atoms with van der Waals surface area (Å²) < 4.78 is 10.8. The van der Waals surface area contributed by atoms with Crippen LogP contribution in [0.2, 0.25) is 0 Å². The van der Waals surface area contributed by atoms with Crippen molar-refractivity contribution in [3.8, 4) is 11.5 Å². The molecule has 0 saturated carbocycles. The van der Waals surface area contributed by atoms with Crippen LogP contribution in [0.3, 0.4) is 0 Å². The van der Waals surface area contributed by atoms with Crippen molar-refractivity contribution in [3.05, 3.63) is 53.9 Å². The summed E-state index contributed by atoms with van der Waals surface area (Å²) in [6.07, 6.45) is 8.52. The molecule has 130 valence electrons. The third kappa shape index (κ3) is 4.56. The normalized spacial score (nSPS) is 14.5. The summed E-state index contributed by atoms with van der Waals surface area (Å²) in [4.78, 5) is 16.1. The van der Waals surface area contributed by atoms with Gasteiger partial charge in [-0.1, -0.05) is 0 Å². The molecular formula is C19H21N3O3. The Morgan fingerprint density at radius 1 is 1.20 bits per heavy atom. The van der Waals surface area contributed by atoms with Crippen LogP contribution in [0, 0.1) is 0 Å². The fraction of sp³-hybridized carbons (Fsp3) is 0.316. The summed E-state index contributed by atoms with van der Waals surface area (Å²) in [5.74, 6) is 0.382. The Morgan fingerprint density at radius 2 is 2.04 bits per heavy atom. The first-order chi connectivity index (χ1) is 12.3. The van der Waals surface area contributed by atoms with Gasteiger partial charge in [0.05, 0.1) is 18.9 Å². The summed E-state index contributed by atoms with van der Waals surface area (Å²) in [7, 11) is 1.54. The van der Waals surface area contributed by atoms with E-state index in [2.05, 4.69) is 15.1 Å². The van der Waals surface area contributed by atoms with Crippen molar-refractivity contribution in [1.82, 2.24) is 9.99 Å². The minimum Gasteiger partial charge on any atom is -0.493 e. The van der Waals surface area contributed by atoms with Crippen molar-refractivity contribution in [1.29, 1.82) is 0 Å². The van der Waals surface area contributed by atoms with Crippen molar-refractivity contribution in [2.24, 2.45) is 5.10 Å². The van der Waals surface area contributed by atoms with E-state index < -0.39 is 5.97 Å². The van der Waals surface area contributed by atoms with E-state index in [1.165, 1.54) is 25.5 Å². The van der Waals surface area contributed by atoms with Crippen molar-refractivity contribution >= 4 is 12.2 Å². The van der Waals surface area contributed by atoms with Crippen molar-refractivity contribution < 1.29 is 14.3 Å². The summed E-state index contributed by atoms with van der Waals surface area (Å²) in [6.45, 7) is 1.99. The maximum atomic E-state index is 12.1. The molecule has 25 heavy (non-hydrogen) atoms. The SMILES string of the molecule is COc1cc(/C=N/N2CCCCC2)ccc1OC(=O)c1cccnc1. The Kier molecular flexibility index (Phi) is 5.61. The zero-order valence-corrected chi connectivity index (χ0v) is 14.2. The Balaban J connectivity index is 1.71. The molecule has 0 amide bonds. The van der Waals surface area contributed by atoms with Crippen LogP contribution in [0.1, 0.15) is 35.2 Å². The number of pyridine rings is 1. The molecule has 1 fully saturated rings. The molecule has 1 aromatic heterocycles. The first kappa shape index (κ1) is 17.0. The van der Waals surface area contributed by atoms with Crippen molar-refractivity contribution in [3.63, 3.8) is 0 Å². The molecule has 0 unspecified atom stereocenters. The fourth-order valence-electron chi connectivity index (χ4n) is 2.63. The number of carbonyl (C=O) groups excluding carboxylic acids is 1. The second-order valence-electron chi connectivity index (χ2n) is 5.80. The third-order valence-corrected chi connectivity index (χ3v) is 3.99. The molecule has 1 aliphatic rings. The van der Waals surface area contributed by atoms with Gasteiger partial charge in [-0.25, -0.2) is 4.79 Å². The first-order valence-corrected chi connectivity index (χ1v) is 8.35. The summed E-state index contributed by atoms with van der Waals surface area (Å²) in [5, 5.41) is 6.58. The van der Waals surface area contributed by atoms with E-state index in [1.54, 1.807) is 43.8 Å². The van der Waals surface area contributed by atoms with Gasteiger partial charge in [0.25, 0.3) is 0 Å². The van der Waals surface area contributed by atoms with Crippen LogP contribution in [0.5, 0.6) is 11.5 Å². The Morgan fingerprint density at radius 3 is 2.76 bits per heavy atom. The van der Waals surface area contributed by atoms with Gasteiger partial charge < -0.3 is 9.47 Å². The quantitative estimate of drug-likeness (QED) is 0.476. The number of hydrogen-bond donors (Lipinski definition) is 0. The topological polar surface area (TPSA) is 64.0 Å². The van der Waals surface area contributed by atoms with Crippen LogP contribution >= 0.6 is 0 Å². The molecule has 1 saturated heterocycles. The summed E-state index contributed by atoms with van der Waals surface area (Å²) in [6, 6.07) is 8.71. The largest absolute Gasteiger partial charge is 0.493 e. The molecule has 6 nitrogen and oxygen atoms in total. The predicted molar refractivity (Wildman–Crippen MR) is 95.2 cm³/mol. The van der Waals surface area contributed by atoms with E-state index in [0.29, 0.717) is 17.1 Å². The van der Waals surface area contributed by atoms with Crippen molar-refractivity contribution in [2.45, 2.75) is 19.3 Å². The molecule has 0 N–H and O–H groups in total. The highest BCUT2D eigenvalue weighted by atomic mass is 16.6. The van der Waals surface area contributed by atoms with E-state index in [4.69, 9.17) is 9.47 Å². The van der Waals surface area contributed by atoms with Gasteiger partial charge in [0.15, 0.2) is 11.5 Å². The summed E-state index contributed by atoms with van der Waals surface area (Å²) in [5.41, 5.74) is 1.28. The Bertz CT molecular complexity index is 741. The third-order valence-electron chi connectivity index (χ3n) is 3.99. The lowest BCUT2D eigenvalue weighted by molar-refractivity contribution is 0.0729. The van der Waals surface area contributed by atoms with Crippen molar-refractivity contribution in [2.75, 3.05) is 20.2 Å². The molecule has 0 radical (unpaired) electrons. The molecule has 2 aromatic rings. The minimum absolute atomic E-state index is 0.367. The van der Waals surface area contributed by atoms with E-state index in [-0.39, 0.29) is 0 Å². The Labute approximate surface area is 147 Å². The second-order valence-corrected chi connectivity index (χ2v) is 5.80. The number of aromatic nitrogens is 1. The van der Waals surface area contributed by atoms with Crippen LogP contribution in [0.25, 0.3) is 0 Å². The number of carbonyl (C=O) groups is 1. The molecule has 0 atom stereocenters. The highest BCUT2D eigenvalue weighted by Gasteiger charge is 2.13. The van der Waals surface area contributed by atoms with E-state index in [0.717, 1.165) is 18.7 Å². The predicted octanol–water partition coefficient (Wildman–Crippen LogP) is 3.13. The molecule has 1 aromatic carbocycles. The molecule has 0 aliphatic carbocycles. The monoisotopic (exact) mass is 339 g/mol. The number of nitrogens with zero attached hydrogens (tertiary/aromatic N) is 3. The fourth-order valence-corrected chi connectivity index (χ4v) is 2.63. The molecule has 3 rings (SSSR count). The van der Waals surface area contributed by atoms with Gasteiger partial charge in [-0.15, -0.1) is 0 Å². The van der Waals surface area contributed by atoms with Crippen LogP contribution in [-0.2, 0) is 0 Å². The van der Waals surface area contributed by atoms with Crippen LogP contribution in [0.4, 0.5) is 0 Å². The van der Waals surface area contributed by atoms with Crippen LogP contribution in [-0.4, -0.2) is 42.4 Å². The molecule has 1 aliphatic heterocycles. The van der Waals surface area contributed by atoms with Gasteiger partial charge in [0, 0.05) is 25.5 Å². The number of hydrazone groups is 1. The van der Waals surface area contributed by atoms with Gasteiger partial charge in [-0.05, 0) is 55.2 Å². The van der Waals surface area contributed by atoms with E-state index in [1.807, 2.05) is 6.07 Å². The average Bonchev–Trinajstić information content (AvgIpc) is 2.68. The molecular weight excluding hydrogens is 318 g/mol. The molecule has 0 spiro atoms. The number of methoxy groups -OCH3 is 1. The van der Waals surface area contributed by atoms with E-state index >= 15 is 0 Å². The average molecular weight is 339 g/mol. The number of piperidine rings is 1. The number of ether oxygens (including phenoxy) is 2. The van der Waals surface area contributed by atoms with Gasteiger partial charge in [-0.2, -0.15) is 5.10 Å². The number of benzene rings is 1. The maximum absolute atomic E-state index is 12.1. The highest BCUT2D eigenvalue weighted by Crippen LogP contribution is 2.28. The zero-order chi connectivity index (χ0) is 17.5. The molecule has 6 heteroatoms. The maximum Gasteiger partial charge on any atom is 0.345 e. The standard InChI is InChI=1S/C19H21N3O3/c1-24-18-12-15(13-21-22-10-3-2-4-11-22)7-8-17(18)25-19(23)16-6-5-9-20-14-16/h5-9,12-14H,2-4,10-11H2,1H3/b21-13+. The van der Waals surface area contributed by atoms with Gasteiger partial charge in [0.1, 0.15) is 0 Å².